The summed E-state index contributed by atoms with van der Waals surface area (Å²) in [5, 5.41) is 1.66. The summed E-state index contributed by atoms with van der Waals surface area (Å²) in [6.45, 7) is 1.86. The number of ether oxygens (including phenoxy) is 1. The first-order valence-electron chi connectivity index (χ1n) is 7.96. The first-order chi connectivity index (χ1) is 11.7. The van der Waals surface area contributed by atoms with Gasteiger partial charge in [-0.25, -0.2) is 0 Å². The normalized spacial score (nSPS) is 10.5. The molecule has 3 aromatic rings. The third kappa shape index (κ3) is 3.20. The number of carbonyl (C=O) groups is 2. The average molecular weight is 318 g/mol. The summed E-state index contributed by atoms with van der Waals surface area (Å²) in [6, 6.07) is 20.3. The first kappa shape index (κ1) is 15.9. The summed E-state index contributed by atoms with van der Waals surface area (Å²) in [5.41, 5.74) is 1.28. The topological polar surface area (TPSA) is 43.4 Å². The van der Waals surface area contributed by atoms with Crippen LogP contribution in [0.25, 0.3) is 10.8 Å². The number of hydrogen-bond acceptors (Lipinski definition) is 3. The van der Waals surface area contributed by atoms with Gasteiger partial charge in [0.15, 0.2) is 11.6 Å². The van der Waals surface area contributed by atoms with E-state index in [1.165, 1.54) is 0 Å². The molecule has 0 fully saturated rings. The van der Waals surface area contributed by atoms with E-state index in [-0.39, 0.29) is 18.2 Å². The van der Waals surface area contributed by atoms with Crippen LogP contribution in [0, 0.1) is 0 Å². The van der Waals surface area contributed by atoms with Crippen LogP contribution in [0.2, 0.25) is 0 Å². The average Bonchev–Trinajstić information content (AvgIpc) is 2.65. The van der Waals surface area contributed by atoms with Crippen LogP contribution >= 0.6 is 0 Å². The standard InChI is InChI=1S/C21H18O3/c1-2-16(22)14-24-20-13-12-19(17-10-6-7-11-18(17)20)21(23)15-8-4-3-5-9-15/h3-13H,2,14H2,1H3. The number of Topliss-reactive ketones (excluding diaryl/α,β-unsaturated/α-hetero) is 1. The second-order valence-electron chi connectivity index (χ2n) is 5.53. The van der Waals surface area contributed by atoms with Crippen molar-refractivity contribution in [1.82, 2.24) is 0 Å². The van der Waals surface area contributed by atoms with E-state index in [9.17, 15) is 9.59 Å². The second kappa shape index (κ2) is 7.09. The van der Waals surface area contributed by atoms with E-state index in [0.29, 0.717) is 23.3 Å². The van der Waals surface area contributed by atoms with Gasteiger partial charge in [0.25, 0.3) is 0 Å². The second-order valence-corrected chi connectivity index (χ2v) is 5.53. The molecule has 0 amide bonds. The van der Waals surface area contributed by atoms with Crippen LogP contribution in [-0.2, 0) is 4.79 Å². The summed E-state index contributed by atoms with van der Waals surface area (Å²) in [6.07, 6.45) is 0.447. The van der Waals surface area contributed by atoms with Gasteiger partial charge in [-0.1, -0.05) is 61.5 Å². The minimum atomic E-state index is -0.0250. The Morgan fingerprint density at radius 3 is 2.21 bits per heavy atom. The Labute approximate surface area is 140 Å². The molecule has 3 nitrogen and oxygen atoms in total. The molecule has 0 unspecified atom stereocenters. The van der Waals surface area contributed by atoms with Crippen molar-refractivity contribution < 1.29 is 14.3 Å². The molecule has 0 aromatic heterocycles. The van der Waals surface area contributed by atoms with Crippen molar-refractivity contribution in [2.45, 2.75) is 13.3 Å². The van der Waals surface area contributed by atoms with Gasteiger partial charge < -0.3 is 4.74 Å². The van der Waals surface area contributed by atoms with Crippen LogP contribution in [0.4, 0.5) is 0 Å². The molecule has 0 atom stereocenters. The van der Waals surface area contributed by atoms with Crippen LogP contribution in [0.1, 0.15) is 29.3 Å². The summed E-state index contributed by atoms with van der Waals surface area (Å²) >= 11 is 0. The van der Waals surface area contributed by atoms with Gasteiger partial charge in [0.05, 0.1) is 0 Å². The fourth-order valence-corrected chi connectivity index (χ4v) is 2.60. The van der Waals surface area contributed by atoms with Crippen LogP contribution in [-0.4, -0.2) is 18.2 Å². The van der Waals surface area contributed by atoms with Crippen LogP contribution in [0.5, 0.6) is 5.75 Å². The minimum absolute atomic E-state index is 0.0250. The Hall–Kier alpha value is -2.94. The van der Waals surface area contributed by atoms with Gasteiger partial charge in [-0.05, 0) is 17.5 Å². The molecule has 0 aliphatic heterocycles. The summed E-state index contributed by atoms with van der Waals surface area (Å²) in [4.78, 5) is 24.3. The van der Waals surface area contributed by atoms with Crippen molar-refractivity contribution in [3.8, 4) is 5.75 Å². The molecule has 0 N–H and O–H groups in total. The Bertz CT molecular complexity index is 882. The summed E-state index contributed by atoms with van der Waals surface area (Å²) in [7, 11) is 0. The maximum absolute atomic E-state index is 12.8. The number of ketones is 2. The highest BCUT2D eigenvalue weighted by atomic mass is 16.5. The van der Waals surface area contributed by atoms with Crippen molar-refractivity contribution in [1.29, 1.82) is 0 Å². The molecule has 120 valence electrons. The smallest absolute Gasteiger partial charge is 0.193 e. The highest BCUT2D eigenvalue weighted by molar-refractivity contribution is 6.17. The van der Waals surface area contributed by atoms with Crippen LogP contribution in [0.15, 0.2) is 66.7 Å². The molecule has 24 heavy (non-hydrogen) atoms. The number of rotatable bonds is 6. The fourth-order valence-electron chi connectivity index (χ4n) is 2.60. The van der Waals surface area contributed by atoms with Crippen molar-refractivity contribution in [3.05, 3.63) is 77.9 Å². The predicted octanol–water partition coefficient (Wildman–Crippen LogP) is 4.43. The molecule has 0 radical (unpaired) electrons. The fraction of sp³-hybridized carbons (Fsp3) is 0.143. The van der Waals surface area contributed by atoms with E-state index in [0.717, 1.165) is 10.8 Å². The van der Waals surface area contributed by atoms with E-state index >= 15 is 0 Å². The number of fused-ring (bicyclic) bond motifs is 1. The molecule has 3 aromatic carbocycles. The monoisotopic (exact) mass is 318 g/mol. The molecule has 0 aliphatic rings. The van der Waals surface area contributed by atoms with E-state index in [4.69, 9.17) is 4.74 Å². The molecule has 0 saturated carbocycles. The molecule has 0 heterocycles. The third-order valence-electron chi connectivity index (χ3n) is 3.95. The zero-order valence-electron chi connectivity index (χ0n) is 13.5. The molecule has 0 aliphatic carbocycles. The lowest BCUT2D eigenvalue weighted by atomic mass is 9.97. The molecule has 0 spiro atoms. The Morgan fingerprint density at radius 1 is 0.833 bits per heavy atom. The van der Waals surface area contributed by atoms with Gasteiger partial charge in [-0.15, -0.1) is 0 Å². The van der Waals surface area contributed by atoms with E-state index in [1.54, 1.807) is 24.3 Å². The number of carbonyl (C=O) groups excluding carboxylic acids is 2. The van der Waals surface area contributed by atoms with Gasteiger partial charge in [0.1, 0.15) is 12.4 Å². The van der Waals surface area contributed by atoms with Gasteiger partial charge in [0.2, 0.25) is 0 Å². The van der Waals surface area contributed by atoms with E-state index < -0.39 is 0 Å². The minimum Gasteiger partial charge on any atom is -0.485 e. The van der Waals surface area contributed by atoms with E-state index in [1.807, 2.05) is 49.4 Å². The van der Waals surface area contributed by atoms with Gasteiger partial charge >= 0.3 is 0 Å². The van der Waals surface area contributed by atoms with Crippen molar-refractivity contribution in [2.75, 3.05) is 6.61 Å². The van der Waals surface area contributed by atoms with Crippen molar-refractivity contribution >= 4 is 22.3 Å². The summed E-state index contributed by atoms with van der Waals surface area (Å²) in [5.74, 6) is 0.642. The lowest BCUT2D eigenvalue weighted by Crippen LogP contribution is -2.10. The van der Waals surface area contributed by atoms with Crippen molar-refractivity contribution in [2.24, 2.45) is 0 Å². The zero-order valence-corrected chi connectivity index (χ0v) is 13.5. The largest absolute Gasteiger partial charge is 0.485 e. The lowest BCUT2D eigenvalue weighted by Gasteiger charge is -2.12. The molecule has 3 rings (SSSR count). The molecule has 3 heteroatoms. The lowest BCUT2D eigenvalue weighted by molar-refractivity contribution is -0.120. The maximum Gasteiger partial charge on any atom is 0.193 e. The maximum atomic E-state index is 12.8. The quantitative estimate of drug-likeness (QED) is 0.632. The SMILES string of the molecule is CCC(=O)COc1ccc(C(=O)c2ccccc2)c2ccccc12. The molecule has 0 saturated heterocycles. The van der Waals surface area contributed by atoms with Gasteiger partial charge in [0, 0.05) is 22.9 Å². The van der Waals surface area contributed by atoms with Gasteiger partial charge in [-0.2, -0.15) is 0 Å². The first-order valence-corrected chi connectivity index (χ1v) is 7.96. The van der Waals surface area contributed by atoms with Gasteiger partial charge in [-0.3, -0.25) is 9.59 Å². The zero-order chi connectivity index (χ0) is 16.9. The Kier molecular flexibility index (Phi) is 4.71. The van der Waals surface area contributed by atoms with E-state index in [2.05, 4.69) is 0 Å². The highest BCUT2D eigenvalue weighted by Gasteiger charge is 2.15. The molecule has 0 bridgehead atoms. The summed E-state index contributed by atoms with van der Waals surface area (Å²) < 4.78 is 5.65. The Morgan fingerprint density at radius 2 is 1.50 bits per heavy atom. The highest BCUT2D eigenvalue weighted by Crippen LogP contribution is 2.30. The van der Waals surface area contributed by atoms with Crippen molar-refractivity contribution in [3.63, 3.8) is 0 Å². The van der Waals surface area contributed by atoms with Crippen LogP contribution in [0.3, 0.4) is 0 Å². The number of benzene rings is 3. The van der Waals surface area contributed by atoms with Crippen LogP contribution < -0.4 is 4.74 Å². The predicted molar refractivity (Wildman–Crippen MR) is 94.6 cm³/mol. The Balaban J connectivity index is 2.02. The molecular formula is C21H18O3. The third-order valence-corrected chi connectivity index (χ3v) is 3.95. The number of hydrogen-bond donors (Lipinski definition) is 0. The molecular weight excluding hydrogens is 300 g/mol.